The third-order valence-electron chi connectivity index (χ3n) is 1.99. The summed E-state index contributed by atoms with van der Waals surface area (Å²) >= 11 is 0. The number of hydrogen-bond acceptors (Lipinski definition) is 3. The van der Waals surface area contributed by atoms with Gasteiger partial charge in [-0.1, -0.05) is 13.8 Å². The molecule has 1 N–H and O–H groups in total. The van der Waals surface area contributed by atoms with Crippen LogP contribution < -0.4 is 0 Å². The smallest absolute Gasteiger partial charge is 0.135 e. The highest BCUT2D eigenvalue weighted by Gasteiger charge is 2.22. The van der Waals surface area contributed by atoms with Crippen LogP contribution >= 0.6 is 0 Å². The number of hydrogen-bond donors (Lipinski definition) is 1. The molecule has 0 amide bonds. The summed E-state index contributed by atoms with van der Waals surface area (Å²) in [6.07, 6.45) is 1.46. The normalized spacial score (nSPS) is 11.6. The molecule has 0 saturated heterocycles. The van der Waals surface area contributed by atoms with Gasteiger partial charge >= 0.3 is 0 Å². The Labute approximate surface area is 67.3 Å². The van der Waals surface area contributed by atoms with Gasteiger partial charge in [-0.15, -0.1) is 0 Å². The van der Waals surface area contributed by atoms with Crippen molar-refractivity contribution in [3.8, 4) is 0 Å². The number of ketones is 1. The Kier molecular flexibility index (Phi) is 4.30. The van der Waals surface area contributed by atoms with Gasteiger partial charge in [0.05, 0.1) is 6.61 Å². The Balaban J connectivity index is 3.64. The van der Waals surface area contributed by atoms with Crippen LogP contribution in [0.15, 0.2) is 0 Å². The number of carbonyl (C=O) groups excluding carboxylic acids is 1. The first-order valence-electron chi connectivity index (χ1n) is 3.78. The first-order valence-corrected chi connectivity index (χ1v) is 3.78. The van der Waals surface area contributed by atoms with Crippen molar-refractivity contribution in [3.05, 3.63) is 0 Å². The summed E-state index contributed by atoms with van der Waals surface area (Å²) in [4.78, 5) is 14.9. The summed E-state index contributed by atoms with van der Waals surface area (Å²) in [5.74, 6) is 0.176. The highest BCUT2D eigenvalue weighted by Crippen LogP contribution is 2.22. The summed E-state index contributed by atoms with van der Waals surface area (Å²) in [5, 5.41) is 8.02. The van der Waals surface area contributed by atoms with Crippen molar-refractivity contribution < 1.29 is 14.9 Å². The lowest BCUT2D eigenvalue weighted by molar-refractivity contribution is -0.243. The van der Waals surface area contributed by atoms with Gasteiger partial charge in [-0.3, -0.25) is 10.1 Å². The Morgan fingerprint density at radius 2 is 2.09 bits per heavy atom. The van der Waals surface area contributed by atoms with Crippen molar-refractivity contribution in [1.29, 1.82) is 0 Å². The van der Waals surface area contributed by atoms with Gasteiger partial charge in [0.25, 0.3) is 0 Å². The van der Waals surface area contributed by atoms with E-state index in [1.165, 1.54) is 0 Å². The molecule has 0 aromatic carbocycles. The molecule has 0 aliphatic carbocycles. The standard InChI is InChI=1S/C8H16O3/c1-7(9)8(2,3)5-4-6-11-10/h10H,4-6H2,1-3H3. The molecule has 0 spiro atoms. The molecule has 0 aliphatic heterocycles. The van der Waals surface area contributed by atoms with Crippen molar-refractivity contribution in [1.82, 2.24) is 0 Å². The highest BCUT2D eigenvalue weighted by atomic mass is 17.1. The second kappa shape index (κ2) is 4.46. The largest absolute Gasteiger partial charge is 0.299 e. The maximum Gasteiger partial charge on any atom is 0.135 e. The third kappa shape index (κ3) is 4.11. The maximum absolute atomic E-state index is 11.0. The summed E-state index contributed by atoms with van der Waals surface area (Å²) in [6.45, 7) is 5.68. The molecule has 66 valence electrons. The van der Waals surface area contributed by atoms with E-state index in [4.69, 9.17) is 5.26 Å². The van der Waals surface area contributed by atoms with E-state index >= 15 is 0 Å². The molecule has 0 radical (unpaired) electrons. The van der Waals surface area contributed by atoms with Gasteiger partial charge in [0, 0.05) is 5.41 Å². The zero-order valence-corrected chi connectivity index (χ0v) is 7.39. The van der Waals surface area contributed by atoms with Crippen molar-refractivity contribution >= 4 is 5.78 Å². The average molecular weight is 160 g/mol. The van der Waals surface area contributed by atoms with Crippen molar-refractivity contribution in [3.63, 3.8) is 0 Å². The van der Waals surface area contributed by atoms with Gasteiger partial charge in [-0.05, 0) is 19.8 Å². The lowest BCUT2D eigenvalue weighted by atomic mass is 9.84. The summed E-state index contributed by atoms with van der Waals surface area (Å²) in [5.41, 5.74) is -0.279. The molecular formula is C8H16O3. The van der Waals surface area contributed by atoms with Crippen LogP contribution in [0.3, 0.4) is 0 Å². The second-order valence-electron chi connectivity index (χ2n) is 3.38. The van der Waals surface area contributed by atoms with Gasteiger partial charge in [-0.25, -0.2) is 4.89 Å². The lowest BCUT2D eigenvalue weighted by Gasteiger charge is -2.19. The minimum Gasteiger partial charge on any atom is -0.299 e. The molecule has 0 aromatic rings. The average Bonchev–Trinajstić information content (AvgIpc) is 1.88. The molecule has 0 unspecified atom stereocenters. The Hall–Kier alpha value is -0.410. The Morgan fingerprint density at radius 1 is 1.55 bits per heavy atom. The molecule has 0 bridgehead atoms. The van der Waals surface area contributed by atoms with Gasteiger partial charge in [0.2, 0.25) is 0 Å². The SMILES string of the molecule is CC(=O)C(C)(C)CCCOO. The van der Waals surface area contributed by atoms with Crippen LogP contribution in [0.2, 0.25) is 0 Å². The summed E-state index contributed by atoms with van der Waals surface area (Å²) in [7, 11) is 0. The Morgan fingerprint density at radius 3 is 2.45 bits per heavy atom. The van der Waals surface area contributed by atoms with E-state index in [9.17, 15) is 4.79 Å². The van der Waals surface area contributed by atoms with E-state index in [1.807, 2.05) is 13.8 Å². The first-order chi connectivity index (χ1) is 5.00. The molecule has 3 heteroatoms. The van der Waals surface area contributed by atoms with E-state index in [0.29, 0.717) is 13.0 Å². The molecule has 0 fully saturated rings. The van der Waals surface area contributed by atoms with E-state index in [-0.39, 0.29) is 11.2 Å². The molecular weight excluding hydrogens is 144 g/mol. The fourth-order valence-corrected chi connectivity index (χ4v) is 0.755. The van der Waals surface area contributed by atoms with Crippen molar-refractivity contribution in [2.24, 2.45) is 5.41 Å². The van der Waals surface area contributed by atoms with Crippen LogP contribution in [0.25, 0.3) is 0 Å². The topological polar surface area (TPSA) is 46.5 Å². The number of rotatable bonds is 5. The fourth-order valence-electron chi connectivity index (χ4n) is 0.755. The molecule has 0 rings (SSSR count). The van der Waals surface area contributed by atoms with Gasteiger partial charge in [0.15, 0.2) is 0 Å². The van der Waals surface area contributed by atoms with Crippen molar-refractivity contribution in [2.45, 2.75) is 33.6 Å². The predicted molar refractivity (Wildman–Crippen MR) is 42.3 cm³/mol. The number of carbonyl (C=O) groups is 1. The maximum atomic E-state index is 11.0. The molecule has 0 heterocycles. The minimum absolute atomic E-state index is 0.176. The zero-order chi connectivity index (χ0) is 8.91. The first kappa shape index (κ1) is 10.6. The van der Waals surface area contributed by atoms with Crippen LogP contribution in [-0.4, -0.2) is 17.6 Å². The summed E-state index contributed by atoms with van der Waals surface area (Å²) < 4.78 is 0. The van der Waals surface area contributed by atoms with E-state index in [2.05, 4.69) is 4.89 Å². The van der Waals surface area contributed by atoms with Crippen LogP contribution in [0, 0.1) is 5.41 Å². The fraction of sp³-hybridized carbons (Fsp3) is 0.875. The lowest BCUT2D eigenvalue weighted by Crippen LogP contribution is -2.21. The zero-order valence-electron chi connectivity index (χ0n) is 7.39. The van der Waals surface area contributed by atoms with Crippen molar-refractivity contribution in [2.75, 3.05) is 6.61 Å². The summed E-state index contributed by atoms with van der Waals surface area (Å²) in [6, 6.07) is 0. The molecule has 0 saturated carbocycles. The molecule has 0 aromatic heterocycles. The van der Waals surface area contributed by atoms with Gasteiger partial charge in [-0.2, -0.15) is 0 Å². The van der Waals surface area contributed by atoms with Crippen LogP contribution in [-0.2, 0) is 9.68 Å². The Bertz CT molecular complexity index is 129. The minimum atomic E-state index is -0.279. The molecule has 3 nitrogen and oxygen atoms in total. The van der Waals surface area contributed by atoms with Crippen LogP contribution in [0.1, 0.15) is 33.6 Å². The second-order valence-corrected chi connectivity index (χ2v) is 3.38. The molecule has 0 atom stereocenters. The van der Waals surface area contributed by atoms with E-state index in [0.717, 1.165) is 6.42 Å². The van der Waals surface area contributed by atoms with Crippen LogP contribution in [0.4, 0.5) is 0 Å². The monoisotopic (exact) mass is 160 g/mol. The predicted octanol–water partition coefficient (Wildman–Crippen LogP) is 1.87. The third-order valence-corrected chi connectivity index (χ3v) is 1.99. The van der Waals surface area contributed by atoms with Gasteiger partial charge in [0.1, 0.15) is 5.78 Å². The number of Topliss-reactive ketones (excluding diaryl/α,β-unsaturated/α-hetero) is 1. The van der Waals surface area contributed by atoms with Gasteiger partial charge < -0.3 is 0 Å². The molecule has 11 heavy (non-hydrogen) atoms. The highest BCUT2D eigenvalue weighted by molar-refractivity contribution is 5.81. The van der Waals surface area contributed by atoms with Crippen LogP contribution in [0.5, 0.6) is 0 Å². The molecule has 0 aliphatic rings. The van der Waals surface area contributed by atoms with E-state index < -0.39 is 0 Å². The quantitative estimate of drug-likeness (QED) is 0.379. The van der Waals surface area contributed by atoms with E-state index in [1.54, 1.807) is 6.92 Å².